The molecule has 1 aliphatic heterocycles. The van der Waals surface area contributed by atoms with Gasteiger partial charge in [-0.3, -0.25) is 0 Å². The summed E-state index contributed by atoms with van der Waals surface area (Å²) in [4.78, 5) is 6.37. The van der Waals surface area contributed by atoms with Crippen molar-refractivity contribution in [2.24, 2.45) is 5.92 Å². The Labute approximate surface area is 90.4 Å². The van der Waals surface area contributed by atoms with Crippen LogP contribution < -0.4 is 4.90 Å². The van der Waals surface area contributed by atoms with E-state index in [1.54, 1.807) is 6.20 Å². The lowest BCUT2D eigenvalue weighted by molar-refractivity contribution is 0.569. The number of aromatic nitrogens is 1. The van der Waals surface area contributed by atoms with Gasteiger partial charge in [-0.15, -0.1) is 0 Å². The maximum Gasteiger partial charge on any atom is 0.163 e. The lowest BCUT2D eigenvalue weighted by atomic mass is 10.1. The van der Waals surface area contributed by atoms with Crippen molar-refractivity contribution in [1.29, 1.82) is 5.26 Å². The summed E-state index contributed by atoms with van der Waals surface area (Å²) in [7, 11) is 0. The summed E-state index contributed by atoms with van der Waals surface area (Å²) in [6.07, 6.45) is 4.13. The fourth-order valence-corrected chi connectivity index (χ4v) is 2.12. The largest absolute Gasteiger partial charge is 0.369 e. The Bertz CT molecular complexity index is 381. The molecule has 0 aliphatic carbocycles. The van der Waals surface area contributed by atoms with Crippen molar-refractivity contribution in [2.45, 2.75) is 19.8 Å². The topological polar surface area (TPSA) is 39.9 Å². The van der Waals surface area contributed by atoms with E-state index < -0.39 is 0 Å². The van der Waals surface area contributed by atoms with Crippen LogP contribution >= 0.6 is 0 Å². The van der Waals surface area contributed by atoms with E-state index in [0.29, 0.717) is 5.69 Å². The summed E-state index contributed by atoms with van der Waals surface area (Å²) in [5.74, 6) is 0.775. The molecule has 1 aromatic rings. The first-order valence-corrected chi connectivity index (χ1v) is 5.45. The second-order valence-electron chi connectivity index (χ2n) is 3.99. The molecule has 1 atom stereocenters. The molecule has 0 bridgehead atoms. The molecule has 0 aromatic carbocycles. The standard InChI is InChI=1S/C12H15N3/c1-2-10-5-7-15(9-10)12-4-3-6-14-11(12)8-13/h3-4,6,10H,2,5,7,9H2,1H3. The number of pyridine rings is 1. The predicted octanol–water partition coefficient (Wildman–Crippen LogP) is 2.19. The van der Waals surface area contributed by atoms with Crippen molar-refractivity contribution < 1.29 is 0 Å². The van der Waals surface area contributed by atoms with E-state index in [4.69, 9.17) is 5.26 Å². The van der Waals surface area contributed by atoms with Crippen LogP contribution in [0.4, 0.5) is 5.69 Å². The van der Waals surface area contributed by atoms with E-state index in [9.17, 15) is 0 Å². The van der Waals surface area contributed by atoms with Crippen LogP contribution in [0, 0.1) is 17.2 Å². The van der Waals surface area contributed by atoms with Gasteiger partial charge in [0.15, 0.2) is 5.69 Å². The van der Waals surface area contributed by atoms with Crippen LogP contribution in [0.3, 0.4) is 0 Å². The average molecular weight is 201 g/mol. The summed E-state index contributed by atoms with van der Waals surface area (Å²) in [5.41, 5.74) is 1.55. The molecule has 1 aromatic heterocycles. The fraction of sp³-hybridized carbons (Fsp3) is 0.500. The van der Waals surface area contributed by atoms with Crippen molar-refractivity contribution in [3.8, 4) is 6.07 Å². The number of hydrogen-bond donors (Lipinski definition) is 0. The summed E-state index contributed by atoms with van der Waals surface area (Å²) < 4.78 is 0. The molecule has 0 radical (unpaired) electrons. The zero-order valence-electron chi connectivity index (χ0n) is 8.98. The van der Waals surface area contributed by atoms with Crippen LogP contribution in [0.25, 0.3) is 0 Å². The summed E-state index contributed by atoms with van der Waals surface area (Å²) in [5, 5.41) is 8.96. The third-order valence-electron chi connectivity index (χ3n) is 3.10. The summed E-state index contributed by atoms with van der Waals surface area (Å²) in [6, 6.07) is 6.04. The van der Waals surface area contributed by atoms with E-state index in [1.165, 1.54) is 12.8 Å². The molecule has 1 aliphatic rings. The van der Waals surface area contributed by atoms with Gasteiger partial charge in [0, 0.05) is 19.3 Å². The van der Waals surface area contributed by atoms with Crippen LogP contribution in [0.1, 0.15) is 25.5 Å². The zero-order valence-corrected chi connectivity index (χ0v) is 8.98. The molecule has 15 heavy (non-hydrogen) atoms. The summed E-state index contributed by atoms with van der Waals surface area (Å²) in [6.45, 7) is 4.35. The molecular weight excluding hydrogens is 186 g/mol. The Morgan fingerprint density at radius 2 is 2.53 bits per heavy atom. The molecule has 0 spiro atoms. The Morgan fingerprint density at radius 3 is 3.20 bits per heavy atom. The first-order valence-electron chi connectivity index (χ1n) is 5.45. The van der Waals surface area contributed by atoms with E-state index >= 15 is 0 Å². The van der Waals surface area contributed by atoms with Crippen LogP contribution in [0.5, 0.6) is 0 Å². The Balaban J connectivity index is 2.20. The van der Waals surface area contributed by atoms with E-state index in [2.05, 4.69) is 22.9 Å². The van der Waals surface area contributed by atoms with Gasteiger partial charge in [0.05, 0.1) is 5.69 Å². The smallest absolute Gasteiger partial charge is 0.163 e. The monoisotopic (exact) mass is 201 g/mol. The average Bonchev–Trinajstić information content (AvgIpc) is 2.77. The maximum atomic E-state index is 8.96. The Morgan fingerprint density at radius 1 is 1.67 bits per heavy atom. The fourth-order valence-electron chi connectivity index (χ4n) is 2.12. The van der Waals surface area contributed by atoms with Crippen LogP contribution in [-0.2, 0) is 0 Å². The van der Waals surface area contributed by atoms with Crippen molar-refractivity contribution in [3.05, 3.63) is 24.0 Å². The highest BCUT2D eigenvalue weighted by Crippen LogP contribution is 2.26. The number of hydrogen-bond acceptors (Lipinski definition) is 3. The van der Waals surface area contributed by atoms with Gasteiger partial charge < -0.3 is 4.90 Å². The Hall–Kier alpha value is -1.56. The van der Waals surface area contributed by atoms with Crippen molar-refractivity contribution in [3.63, 3.8) is 0 Å². The Kier molecular flexibility index (Phi) is 2.86. The highest BCUT2D eigenvalue weighted by atomic mass is 15.2. The van der Waals surface area contributed by atoms with E-state index in [-0.39, 0.29) is 0 Å². The molecule has 2 rings (SSSR count). The van der Waals surface area contributed by atoms with Gasteiger partial charge in [0.25, 0.3) is 0 Å². The first kappa shape index (κ1) is 9.97. The number of anilines is 1. The molecule has 0 N–H and O–H groups in total. The molecular formula is C12H15N3. The van der Waals surface area contributed by atoms with Crippen molar-refractivity contribution in [2.75, 3.05) is 18.0 Å². The third kappa shape index (κ3) is 1.94. The van der Waals surface area contributed by atoms with Crippen molar-refractivity contribution in [1.82, 2.24) is 4.98 Å². The first-order chi connectivity index (χ1) is 7.35. The number of rotatable bonds is 2. The van der Waals surface area contributed by atoms with Gasteiger partial charge in [-0.1, -0.05) is 13.3 Å². The maximum absolute atomic E-state index is 8.96. The van der Waals surface area contributed by atoms with Gasteiger partial charge in [0.2, 0.25) is 0 Å². The molecule has 3 heteroatoms. The zero-order chi connectivity index (χ0) is 10.7. The van der Waals surface area contributed by atoms with Crippen LogP contribution in [0.15, 0.2) is 18.3 Å². The molecule has 1 unspecified atom stereocenters. The SMILES string of the molecule is CCC1CCN(c2cccnc2C#N)C1. The quantitative estimate of drug-likeness (QED) is 0.736. The van der Waals surface area contributed by atoms with Gasteiger partial charge >= 0.3 is 0 Å². The minimum Gasteiger partial charge on any atom is -0.369 e. The van der Waals surface area contributed by atoms with Crippen LogP contribution in [-0.4, -0.2) is 18.1 Å². The third-order valence-corrected chi connectivity index (χ3v) is 3.10. The summed E-state index contributed by atoms with van der Waals surface area (Å²) >= 11 is 0. The highest BCUT2D eigenvalue weighted by Gasteiger charge is 2.22. The molecule has 1 fully saturated rings. The minimum atomic E-state index is 0.550. The molecule has 0 amide bonds. The van der Waals surface area contributed by atoms with E-state index in [1.807, 2.05) is 12.1 Å². The lowest BCUT2D eigenvalue weighted by Crippen LogP contribution is -2.20. The second kappa shape index (κ2) is 4.31. The predicted molar refractivity (Wildman–Crippen MR) is 59.6 cm³/mol. The highest BCUT2D eigenvalue weighted by molar-refractivity contribution is 5.56. The van der Waals surface area contributed by atoms with Gasteiger partial charge in [-0.05, 0) is 24.5 Å². The second-order valence-corrected chi connectivity index (χ2v) is 3.99. The molecule has 1 saturated heterocycles. The number of nitrogens with zero attached hydrogens (tertiary/aromatic N) is 3. The van der Waals surface area contributed by atoms with E-state index in [0.717, 1.165) is 24.7 Å². The minimum absolute atomic E-state index is 0.550. The molecule has 0 saturated carbocycles. The molecule has 3 nitrogen and oxygen atoms in total. The lowest BCUT2D eigenvalue weighted by Gasteiger charge is -2.18. The van der Waals surface area contributed by atoms with Crippen molar-refractivity contribution >= 4 is 5.69 Å². The number of nitriles is 1. The van der Waals surface area contributed by atoms with Gasteiger partial charge in [-0.25, -0.2) is 4.98 Å². The normalized spacial score (nSPS) is 20.3. The molecule has 2 heterocycles. The van der Waals surface area contributed by atoms with Gasteiger partial charge in [0.1, 0.15) is 6.07 Å². The van der Waals surface area contributed by atoms with Gasteiger partial charge in [-0.2, -0.15) is 5.26 Å². The molecule has 78 valence electrons. The van der Waals surface area contributed by atoms with Crippen LogP contribution in [0.2, 0.25) is 0 Å².